The Morgan fingerprint density at radius 3 is 1.95 bits per heavy atom. The van der Waals surface area contributed by atoms with Crippen molar-refractivity contribution in [2.45, 2.75) is 44.4 Å². The van der Waals surface area contributed by atoms with Crippen LogP contribution in [0.3, 0.4) is 0 Å². The Kier molecular flexibility index (Phi) is 4.37. The van der Waals surface area contributed by atoms with E-state index in [9.17, 15) is 0 Å². The lowest BCUT2D eigenvalue weighted by Gasteiger charge is -2.38. The molecule has 1 aliphatic carbocycles. The van der Waals surface area contributed by atoms with Gasteiger partial charge in [-0.25, -0.2) is 0 Å². The molecule has 3 rings (SSSR count). The molecular formula is C20H25NO. The predicted octanol–water partition coefficient (Wildman–Crippen LogP) is 4.92. The van der Waals surface area contributed by atoms with Crippen LogP contribution in [0.5, 0.6) is 5.75 Å². The van der Waals surface area contributed by atoms with Crippen molar-refractivity contribution in [3.63, 3.8) is 0 Å². The van der Waals surface area contributed by atoms with Gasteiger partial charge in [-0.15, -0.1) is 0 Å². The third-order valence-electron chi connectivity index (χ3n) is 4.89. The fraction of sp³-hybridized carbons (Fsp3) is 0.400. The monoisotopic (exact) mass is 295 g/mol. The zero-order valence-corrected chi connectivity index (χ0v) is 13.3. The number of anilines is 1. The van der Waals surface area contributed by atoms with Gasteiger partial charge in [-0.05, 0) is 55.2 Å². The Morgan fingerprint density at radius 2 is 1.41 bits per heavy atom. The molecule has 2 aromatic rings. The number of hydrogen-bond donors (Lipinski definition) is 1. The van der Waals surface area contributed by atoms with Crippen molar-refractivity contribution >= 4 is 5.69 Å². The van der Waals surface area contributed by atoms with Crippen LogP contribution in [0, 0.1) is 0 Å². The highest BCUT2D eigenvalue weighted by Crippen LogP contribution is 2.45. The molecule has 0 atom stereocenters. The molecule has 0 amide bonds. The number of nitrogens with two attached hydrogens (primary N) is 1. The lowest BCUT2D eigenvalue weighted by molar-refractivity contribution is 0.335. The molecule has 1 saturated carbocycles. The summed E-state index contributed by atoms with van der Waals surface area (Å²) in [7, 11) is 0. The maximum Gasteiger partial charge on any atom is 0.119 e. The minimum atomic E-state index is 0.136. The van der Waals surface area contributed by atoms with E-state index in [1.54, 1.807) is 0 Å². The second-order valence-electron chi connectivity index (χ2n) is 6.22. The van der Waals surface area contributed by atoms with E-state index in [2.05, 4.69) is 36.4 Å². The summed E-state index contributed by atoms with van der Waals surface area (Å²) in [6.07, 6.45) is 6.35. The zero-order valence-electron chi connectivity index (χ0n) is 13.3. The van der Waals surface area contributed by atoms with Crippen LogP contribution in [0.1, 0.15) is 50.2 Å². The van der Waals surface area contributed by atoms with E-state index >= 15 is 0 Å². The van der Waals surface area contributed by atoms with Crippen LogP contribution in [0.2, 0.25) is 0 Å². The lowest BCUT2D eigenvalue weighted by Crippen LogP contribution is -2.30. The second kappa shape index (κ2) is 6.43. The third-order valence-corrected chi connectivity index (χ3v) is 4.89. The first kappa shape index (κ1) is 15.0. The minimum absolute atomic E-state index is 0.136. The first-order valence-electron chi connectivity index (χ1n) is 8.34. The summed E-state index contributed by atoms with van der Waals surface area (Å²) < 4.78 is 5.59. The van der Waals surface area contributed by atoms with E-state index in [4.69, 9.17) is 10.5 Å². The molecule has 0 aromatic heterocycles. The Labute approximate surface area is 133 Å². The highest BCUT2D eigenvalue weighted by molar-refractivity contribution is 5.47. The smallest absolute Gasteiger partial charge is 0.119 e. The van der Waals surface area contributed by atoms with Crippen LogP contribution in [-0.2, 0) is 5.41 Å². The molecule has 2 N–H and O–H groups in total. The highest BCUT2D eigenvalue weighted by Gasteiger charge is 2.35. The molecule has 1 fully saturated rings. The molecule has 0 saturated heterocycles. The van der Waals surface area contributed by atoms with Gasteiger partial charge in [-0.1, -0.05) is 43.5 Å². The van der Waals surface area contributed by atoms with Crippen LogP contribution in [0.25, 0.3) is 0 Å². The zero-order chi connectivity index (χ0) is 15.4. The Balaban J connectivity index is 2.00. The van der Waals surface area contributed by atoms with Crippen molar-refractivity contribution in [3.05, 3.63) is 59.7 Å². The van der Waals surface area contributed by atoms with Gasteiger partial charge in [0, 0.05) is 11.1 Å². The van der Waals surface area contributed by atoms with E-state index in [0.717, 1.165) is 11.4 Å². The van der Waals surface area contributed by atoms with E-state index in [1.807, 2.05) is 19.1 Å². The van der Waals surface area contributed by atoms with Crippen LogP contribution in [0.15, 0.2) is 48.5 Å². The SMILES string of the molecule is CCOc1ccc(C2(c3ccc(N)cc3)CCCCC2)cc1. The fourth-order valence-corrected chi connectivity index (χ4v) is 3.74. The van der Waals surface area contributed by atoms with Crippen molar-refractivity contribution in [2.75, 3.05) is 12.3 Å². The van der Waals surface area contributed by atoms with E-state index < -0.39 is 0 Å². The second-order valence-corrected chi connectivity index (χ2v) is 6.22. The molecule has 2 aromatic carbocycles. The van der Waals surface area contributed by atoms with Crippen LogP contribution in [-0.4, -0.2) is 6.61 Å². The summed E-state index contributed by atoms with van der Waals surface area (Å²) >= 11 is 0. The summed E-state index contributed by atoms with van der Waals surface area (Å²) in [5.74, 6) is 0.953. The maximum absolute atomic E-state index is 5.87. The minimum Gasteiger partial charge on any atom is -0.494 e. The van der Waals surface area contributed by atoms with Gasteiger partial charge in [0.25, 0.3) is 0 Å². The summed E-state index contributed by atoms with van der Waals surface area (Å²) in [5, 5.41) is 0. The largest absolute Gasteiger partial charge is 0.494 e. The van der Waals surface area contributed by atoms with Crippen LogP contribution in [0.4, 0.5) is 5.69 Å². The molecule has 0 heterocycles. The molecule has 0 aliphatic heterocycles. The first-order chi connectivity index (χ1) is 10.7. The van der Waals surface area contributed by atoms with Gasteiger partial charge < -0.3 is 10.5 Å². The predicted molar refractivity (Wildman–Crippen MR) is 92.3 cm³/mol. The standard InChI is InChI=1S/C20H25NO/c1-2-22-19-12-8-17(9-13-19)20(14-4-3-5-15-20)16-6-10-18(21)11-7-16/h6-13H,2-5,14-15,21H2,1H3. The molecule has 1 aliphatic rings. The third kappa shape index (κ3) is 2.83. The van der Waals surface area contributed by atoms with Gasteiger partial charge in [0.05, 0.1) is 6.61 Å². The lowest BCUT2D eigenvalue weighted by atomic mass is 9.65. The molecule has 22 heavy (non-hydrogen) atoms. The molecular weight excluding hydrogens is 270 g/mol. The molecule has 0 radical (unpaired) electrons. The van der Waals surface area contributed by atoms with Crippen molar-refractivity contribution < 1.29 is 4.74 Å². The summed E-state index contributed by atoms with van der Waals surface area (Å²) in [4.78, 5) is 0. The highest BCUT2D eigenvalue weighted by atomic mass is 16.5. The van der Waals surface area contributed by atoms with Crippen LogP contribution >= 0.6 is 0 Å². The number of benzene rings is 2. The average molecular weight is 295 g/mol. The van der Waals surface area contributed by atoms with Crippen LogP contribution < -0.4 is 10.5 Å². The first-order valence-corrected chi connectivity index (χ1v) is 8.34. The molecule has 0 unspecified atom stereocenters. The Hall–Kier alpha value is -1.96. The van der Waals surface area contributed by atoms with Gasteiger partial charge in [0.1, 0.15) is 5.75 Å². The van der Waals surface area contributed by atoms with E-state index in [1.165, 1.54) is 43.2 Å². The van der Waals surface area contributed by atoms with Gasteiger partial charge in [-0.2, -0.15) is 0 Å². The topological polar surface area (TPSA) is 35.2 Å². The van der Waals surface area contributed by atoms with E-state index in [0.29, 0.717) is 6.61 Å². The molecule has 116 valence electrons. The fourth-order valence-electron chi connectivity index (χ4n) is 3.74. The maximum atomic E-state index is 5.87. The van der Waals surface area contributed by atoms with E-state index in [-0.39, 0.29) is 5.41 Å². The number of rotatable bonds is 4. The quantitative estimate of drug-likeness (QED) is 0.813. The van der Waals surface area contributed by atoms with Gasteiger partial charge in [0.15, 0.2) is 0 Å². The van der Waals surface area contributed by atoms with Gasteiger partial charge in [-0.3, -0.25) is 0 Å². The Bertz CT molecular complexity index is 595. The number of hydrogen-bond acceptors (Lipinski definition) is 2. The number of nitrogen functional groups attached to an aromatic ring is 1. The van der Waals surface area contributed by atoms with Crippen molar-refractivity contribution in [3.8, 4) is 5.75 Å². The summed E-state index contributed by atoms with van der Waals surface area (Å²) in [6.45, 7) is 2.73. The molecule has 2 heteroatoms. The van der Waals surface area contributed by atoms with Crippen molar-refractivity contribution in [1.82, 2.24) is 0 Å². The average Bonchev–Trinajstić information content (AvgIpc) is 2.57. The van der Waals surface area contributed by atoms with Gasteiger partial charge >= 0.3 is 0 Å². The molecule has 0 spiro atoms. The van der Waals surface area contributed by atoms with Gasteiger partial charge in [0.2, 0.25) is 0 Å². The summed E-state index contributed by atoms with van der Waals surface area (Å²) in [6, 6.07) is 17.2. The van der Waals surface area contributed by atoms with Crippen molar-refractivity contribution in [2.24, 2.45) is 0 Å². The normalized spacial score (nSPS) is 17.1. The Morgan fingerprint density at radius 1 is 0.864 bits per heavy atom. The summed E-state index contributed by atoms with van der Waals surface area (Å²) in [5.41, 5.74) is 9.64. The molecule has 0 bridgehead atoms. The van der Waals surface area contributed by atoms with Crippen molar-refractivity contribution in [1.29, 1.82) is 0 Å². The molecule has 2 nitrogen and oxygen atoms in total. The number of ether oxygens (including phenoxy) is 1.